The van der Waals surface area contributed by atoms with Gasteiger partial charge in [-0.1, -0.05) is 12.1 Å². The minimum absolute atomic E-state index is 0.172. The van der Waals surface area contributed by atoms with Crippen LogP contribution in [0, 0.1) is 6.92 Å². The fourth-order valence-electron chi connectivity index (χ4n) is 1.52. The number of aliphatic carboxylic acids is 1. The van der Waals surface area contributed by atoms with Crippen LogP contribution in [0.25, 0.3) is 10.8 Å². The molecule has 80 valence electrons. The highest BCUT2D eigenvalue weighted by Crippen LogP contribution is 2.16. The van der Waals surface area contributed by atoms with Crippen LogP contribution in [0.15, 0.2) is 30.5 Å². The van der Waals surface area contributed by atoms with E-state index in [0.29, 0.717) is 0 Å². The first-order valence-electron chi connectivity index (χ1n) is 4.72. The van der Waals surface area contributed by atoms with E-state index >= 15 is 0 Å². The van der Waals surface area contributed by atoms with Gasteiger partial charge in [-0.2, -0.15) is 0 Å². The Balaban J connectivity index is 2.57. The number of aromatic nitrogens is 1. The van der Waals surface area contributed by atoms with Gasteiger partial charge in [-0.15, -0.1) is 0 Å². The standard InChI is InChI=1S/C12H9NO3/c1-7-4-8-2-3-9(11(14)12(15)16)5-10(8)6-13-7/h2-6H,1H3,(H,15,16). The van der Waals surface area contributed by atoms with E-state index in [1.165, 1.54) is 12.1 Å². The molecule has 0 aliphatic rings. The number of aryl methyl sites for hydroxylation is 1. The van der Waals surface area contributed by atoms with Crippen molar-refractivity contribution in [2.75, 3.05) is 0 Å². The molecule has 4 heteroatoms. The van der Waals surface area contributed by atoms with Crippen molar-refractivity contribution in [2.24, 2.45) is 0 Å². The second-order valence-electron chi connectivity index (χ2n) is 3.52. The molecule has 2 rings (SSSR count). The number of benzene rings is 1. The summed E-state index contributed by atoms with van der Waals surface area (Å²) in [7, 11) is 0. The third-order valence-corrected chi connectivity index (χ3v) is 2.31. The van der Waals surface area contributed by atoms with Crippen LogP contribution in [0.5, 0.6) is 0 Å². The zero-order valence-corrected chi connectivity index (χ0v) is 8.60. The molecule has 1 heterocycles. The molecule has 0 amide bonds. The van der Waals surface area contributed by atoms with Gasteiger partial charge in [-0.25, -0.2) is 4.79 Å². The Kier molecular flexibility index (Phi) is 2.40. The molecular weight excluding hydrogens is 206 g/mol. The van der Waals surface area contributed by atoms with Crippen molar-refractivity contribution in [1.82, 2.24) is 4.98 Å². The Morgan fingerprint density at radius 2 is 1.94 bits per heavy atom. The summed E-state index contributed by atoms with van der Waals surface area (Å²) in [5.74, 6) is -2.35. The molecule has 0 radical (unpaired) electrons. The number of carbonyl (C=O) groups excluding carboxylic acids is 1. The van der Waals surface area contributed by atoms with Gasteiger partial charge in [0.15, 0.2) is 0 Å². The van der Waals surface area contributed by atoms with Gasteiger partial charge in [0, 0.05) is 22.8 Å². The lowest BCUT2D eigenvalue weighted by Gasteiger charge is -2.01. The Bertz CT molecular complexity index is 590. The molecule has 16 heavy (non-hydrogen) atoms. The summed E-state index contributed by atoms with van der Waals surface area (Å²) in [4.78, 5) is 25.9. The molecule has 0 saturated carbocycles. The molecule has 1 aromatic heterocycles. The number of Topliss-reactive ketones (excluding diaryl/α,β-unsaturated/α-hetero) is 1. The van der Waals surface area contributed by atoms with E-state index in [-0.39, 0.29) is 5.56 Å². The van der Waals surface area contributed by atoms with E-state index in [1.807, 2.05) is 13.0 Å². The molecule has 0 saturated heterocycles. The number of hydrogen-bond acceptors (Lipinski definition) is 3. The van der Waals surface area contributed by atoms with Gasteiger partial charge in [0.05, 0.1) is 0 Å². The average molecular weight is 215 g/mol. The lowest BCUT2D eigenvalue weighted by atomic mass is 10.1. The average Bonchev–Trinajstić information content (AvgIpc) is 2.27. The molecule has 0 bridgehead atoms. The number of ketones is 1. The van der Waals surface area contributed by atoms with Crippen molar-refractivity contribution < 1.29 is 14.7 Å². The monoisotopic (exact) mass is 215 g/mol. The maximum Gasteiger partial charge on any atom is 0.377 e. The fraction of sp³-hybridized carbons (Fsp3) is 0.0833. The topological polar surface area (TPSA) is 67.3 Å². The summed E-state index contributed by atoms with van der Waals surface area (Å²) in [5, 5.41) is 10.3. The number of rotatable bonds is 2. The first kappa shape index (κ1) is 10.3. The molecule has 0 aliphatic carbocycles. The van der Waals surface area contributed by atoms with E-state index < -0.39 is 11.8 Å². The zero-order chi connectivity index (χ0) is 11.7. The van der Waals surface area contributed by atoms with Crippen LogP contribution in [-0.4, -0.2) is 21.8 Å². The molecule has 1 N–H and O–H groups in total. The number of carboxylic acid groups (broad SMARTS) is 1. The van der Waals surface area contributed by atoms with Crippen LogP contribution in [0.2, 0.25) is 0 Å². The summed E-state index contributed by atoms with van der Waals surface area (Å²) >= 11 is 0. The Hall–Kier alpha value is -2.23. The fourth-order valence-corrected chi connectivity index (χ4v) is 1.52. The third kappa shape index (κ3) is 1.77. The molecule has 0 atom stereocenters. The van der Waals surface area contributed by atoms with E-state index in [4.69, 9.17) is 5.11 Å². The molecule has 0 fully saturated rings. The van der Waals surface area contributed by atoms with Crippen LogP contribution >= 0.6 is 0 Å². The van der Waals surface area contributed by atoms with Gasteiger partial charge >= 0.3 is 5.97 Å². The van der Waals surface area contributed by atoms with Gasteiger partial charge in [0.2, 0.25) is 0 Å². The first-order valence-corrected chi connectivity index (χ1v) is 4.72. The summed E-state index contributed by atoms with van der Waals surface area (Å²) < 4.78 is 0. The van der Waals surface area contributed by atoms with Crippen molar-refractivity contribution >= 4 is 22.5 Å². The second-order valence-corrected chi connectivity index (χ2v) is 3.52. The predicted molar refractivity (Wildman–Crippen MR) is 58.4 cm³/mol. The Morgan fingerprint density at radius 1 is 1.19 bits per heavy atom. The molecule has 0 unspecified atom stereocenters. The highest BCUT2D eigenvalue weighted by molar-refractivity contribution is 6.40. The maximum absolute atomic E-state index is 11.2. The van der Waals surface area contributed by atoms with Crippen molar-refractivity contribution in [3.8, 4) is 0 Å². The van der Waals surface area contributed by atoms with Crippen molar-refractivity contribution in [2.45, 2.75) is 6.92 Å². The number of carboxylic acids is 1. The third-order valence-electron chi connectivity index (χ3n) is 2.31. The van der Waals surface area contributed by atoms with E-state index in [9.17, 15) is 9.59 Å². The normalized spacial score (nSPS) is 10.3. The van der Waals surface area contributed by atoms with Crippen LogP contribution in [-0.2, 0) is 4.79 Å². The summed E-state index contributed by atoms with van der Waals surface area (Å²) in [6.45, 7) is 1.87. The quantitative estimate of drug-likeness (QED) is 0.612. The van der Waals surface area contributed by atoms with Gasteiger partial charge < -0.3 is 5.11 Å². The molecule has 2 aromatic rings. The summed E-state index contributed by atoms with van der Waals surface area (Å²) in [5.41, 5.74) is 1.05. The minimum Gasteiger partial charge on any atom is -0.475 e. The largest absolute Gasteiger partial charge is 0.475 e. The molecule has 4 nitrogen and oxygen atoms in total. The molecule has 0 aliphatic heterocycles. The Labute approximate surface area is 91.5 Å². The van der Waals surface area contributed by atoms with Gasteiger partial charge in [0.1, 0.15) is 0 Å². The van der Waals surface area contributed by atoms with Crippen LogP contribution < -0.4 is 0 Å². The maximum atomic E-state index is 11.2. The molecule has 1 aromatic carbocycles. The van der Waals surface area contributed by atoms with Crippen molar-refractivity contribution in [1.29, 1.82) is 0 Å². The van der Waals surface area contributed by atoms with Crippen molar-refractivity contribution in [3.05, 3.63) is 41.7 Å². The van der Waals surface area contributed by atoms with E-state index in [0.717, 1.165) is 16.5 Å². The minimum atomic E-state index is -1.44. The number of nitrogens with zero attached hydrogens (tertiary/aromatic N) is 1. The Morgan fingerprint density at radius 3 is 2.62 bits per heavy atom. The first-order chi connectivity index (χ1) is 7.58. The van der Waals surface area contributed by atoms with Crippen LogP contribution in [0.1, 0.15) is 16.1 Å². The van der Waals surface area contributed by atoms with Gasteiger partial charge in [0.25, 0.3) is 5.78 Å². The van der Waals surface area contributed by atoms with Crippen LogP contribution in [0.3, 0.4) is 0 Å². The van der Waals surface area contributed by atoms with Gasteiger partial charge in [-0.3, -0.25) is 9.78 Å². The molecular formula is C12H9NO3. The van der Waals surface area contributed by atoms with Gasteiger partial charge in [-0.05, 0) is 24.4 Å². The summed E-state index contributed by atoms with van der Waals surface area (Å²) in [6, 6.07) is 6.65. The van der Waals surface area contributed by atoms with Crippen molar-refractivity contribution in [3.63, 3.8) is 0 Å². The summed E-state index contributed by atoms with van der Waals surface area (Å²) in [6.07, 6.45) is 1.63. The number of fused-ring (bicyclic) bond motifs is 1. The smallest absolute Gasteiger partial charge is 0.377 e. The second kappa shape index (κ2) is 3.73. The highest BCUT2D eigenvalue weighted by atomic mass is 16.4. The number of hydrogen-bond donors (Lipinski definition) is 1. The molecule has 0 spiro atoms. The predicted octanol–water partition coefficient (Wildman–Crippen LogP) is 1.81. The lowest BCUT2D eigenvalue weighted by molar-refractivity contribution is -0.131. The number of carbonyl (C=O) groups is 2. The van der Waals surface area contributed by atoms with E-state index in [2.05, 4.69) is 4.98 Å². The van der Waals surface area contributed by atoms with E-state index in [1.54, 1.807) is 12.3 Å². The highest BCUT2D eigenvalue weighted by Gasteiger charge is 2.14. The lowest BCUT2D eigenvalue weighted by Crippen LogP contribution is -2.12. The van der Waals surface area contributed by atoms with Crippen LogP contribution in [0.4, 0.5) is 0 Å². The number of pyridine rings is 1. The zero-order valence-electron chi connectivity index (χ0n) is 8.60. The SMILES string of the molecule is Cc1cc2ccc(C(=O)C(=O)O)cc2cn1.